The van der Waals surface area contributed by atoms with Crippen molar-refractivity contribution in [3.8, 4) is 0 Å². The second-order valence-corrected chi connectivity index (χ2v) is 6.99. The number of nitrogens with one attached hydrogen (secondary N) is 1. The molecule has 3 heterocycles. The third-order valence-corrected chi connectivity index (χ3v) is 5.51. The summed E-state index contributed by atoms with van der Waals surface area (Å²) in [5.74, 6) is 0. The predicted octanol–water partition coefficient (Wildman–Crippen LogP) is 5.04. The Bertz CT molecular complexity index is 1030. The highest BCUT2D eigenvalue weighted by molar-refractivity contribution is 6.32. The molecule has 25 heavy (non-hydrogen) atoms. The second-order valence-electron chi connectivity index (χ2n) is 6.61. The van der Waals surface area contributed by atoms with E-state index in [-0.39, 0.29) is 0 Å². The molecule has 0 saturated carbocycles. The first-order chi connectivity index (χ1) is 12.3. The number of halogens is 1. The second kappa shape index (κ2) is 5.78. The molecule has 1 N–H and O–H groups in total. The fourth-order valence-corrected chi connectivity index (χ4v) is 4.27. The van der Waals surface area contributed by atoms with Crippen LogP contribution in [-0.2, 0) is 12.8 Å². The van der Waals surface area contributed by atoms with Crippen LogP contribution in [0, 0.1) is 0 Å². The van der Waals surface area contributed by atoms with E-state index in [1.807, 2.05) is 12.3 Å². The number of aromatic nitrogens is 2. The first kappa shape index (κ1) is 14.8. The summed E-state index contributed by atoms with van der Waals surface area (Å²) >= 11 is 6.70. The first-order valence-corrected chi connectivity index (χ1v) is 9.07. The number of fused-ring (bicyclic) bond motifs is 2. The number of nitrogens with zero attached hydrogens (tertiary/aromatic N) is 2. The molecule has 3 nitrogen and oxygen atoms in total. The van der Waals surface area contributed by atoms with Crippen LogP contribution in [0.5, 0.6) is 0 Å². The summed E-state index contributed by atoms with van der Waals surface area (Å²) in [6, 6.07) is 10.6. The zero-order valence-electron chi connectivity index (χ0n) is 13.8. The summed E-state index contributed by atoms with van der Waals surface area (Å²) < 4.78 is 0. The van der Waals surface area contributed by atoms with E-state index in [1.54, 1.807) is 6.20 Å². The van der Waals surface area contributed by atoms with Gasteiger partial charge in [-0.05, 0) is 60.2 Å². The number of allylic oxidation sites excluding steroid dienone is 2. The van der Waals surface area contributed by atoms with E-state index in [4.69, 9.17) is 11.6 Å². The van der Waals surface area contributed by atoms with Crippen molar-refractivity contribution in [2.24, 2.45) is 0 Å². The molecule has 1 aromatic carbocycles. The summed E-state index contributed by atoms with van der Waals surface area (Å²) in [6.07, 6.45) is 11.7. The molecule has 0 bridgehead atoms. The minimum atomic E-state index is 0.774. The van der Waals surface area contributed by atoms with Crippen molar-refractivity contribution in [1.29, 1.82) is 0 Å². The van der Waals surface area contributed by atoms with Crippen LogP contribution in [-0.4, -0.2) is 16.5 Å². The van der Waals surface area contributed by atoms with E-state index in [2.05, 4.69) is 51.3 Å². The molecule has 2 aliphatic rings. The molecule has 0 fully saturated rings. The Labute approximate surface area is 151 Å². The van der Waals surface area contributed by atoms with Crippen LogP contribution in [0.15, 0.2) is 60.0 Å². The van der Waals surface area contributed by atoms with Crippen LogP contribution in [0.3, 0.4) is 0 Å². The van der Waals surface area contributed by atoms with E-state index in [0.717, 1.165) is 40.3 Å². The third-order valence-electron chi connectivity index (χ3n) is 5.20. The van der Waals surface area contributed by atoms with Crippen LogP contribution in [0.25, 0.3) is 16.6 Å². The van der Waals surface area contributed by atoms with Crippen molar-refractivity contribution in [1.82, 2.24) is 9.97 Å². The maximum atomic E-state index is 6.70. The van der Waals surface area contributed by atoms with Crippen LogP contribution in [0.1, 0.15) is 23.1 Å². The van der Waals surface area contributed by atoms with Gasteiger partial charge in [-0.2, -0.15) is 0 Å². The third kappa shape index (κ3) is 2.38. The molecule has 3 aromatic rings. The van der Waals surface area contributed by atoms with Crippen molar-refractivity contribution in [3.05, 3.63) is 76.7 Å². The Morgan fingerprint density at radius 1 is 1.12 bits per heavy atom. The highest BCUT2D eigenvalue weighted by Gasteiger charge is 2.22. The monoisotopic (exact) mass is 347 g/mol. The number of benzene rings is 1. The van der Waals surface area contributed by atoms with Gasteiger partial charge in [-0.1, -0.05) is 29.8 Å². The molecule has 0 spiro atoms. The molecule has 124 valence electrons. The number of aryl methyl sites for hydroxylation is 1. The largest absolute Gasteiger partial charge is 0.346 e. The van der Waals surface area contributed by atoms with Crippen molar-refractivity contribution >= 4 is 33.9 Å². The molecule has 1 aliphatic carbocycles. The quantitative estimate of drug-likeness (QED) is 0.659. The summed E-state index contributed by atoms with van der Waals surface area (Å²) in [4.78, 5) is 9.82. The van der Waals surface area contributed by atoms with Gasteiger partial charge >= 0.3 is 0 Å². The summed E-state index contributed by atoms with van der Waals surface area (Å²) in [7, 11) is 0. The highest BCUT2D eigenvalue weighted by atomic mass is 35.5. The van der Waals surface area contributed by atoms with Crippen molar-refractivity contribution in [3.63, 3.8) is 0 Å². The maximum Gasteiger partial charge on any atom is 0.137 e. The van der Waals surface area contributed by atoms with Gasteiger partial charge in [-0.3, -0.25) is 0 Å². The van der Waals surface area contributed by atoms with Gasteiger partial charge in [0, 0.05) is 35.6 Å². The smallest absolute Gasteiger partial charge is 0.137 e. The lowest BCUT2D eigenvalue weighted by Crippen LogP contribution is -2.23. The molecule has 4 heteroatoms. The molecule has 2 aromatic heterocycles. The molecule has 1 aliphatic heterocycles. The number of pyridine rings is 1. The van der Waals surface area contributed by atoms with Crippen molar-refractivity contribution < 1.29 is 0 Å². The normalized spacial score (nSPS) is 16.8. The molecule has 0 atom stereocenters. The zero-order valence-corrected chi connectivity index (χ0v) is 14.6. The average Bonchev–Trinajstić information content (AvgIpc) is 3.28. The maximum absolute atomic E-state index is 6.70. The Kier molecular flexibility index (Phi) is 3.42. The van der Waals surface area contributed by atoms with Crippen LogP contribution >= 0.6 is 11.6 Å². The van der Waals surface area contributed by atoms with Crippen molar-refractivity contribution in [2.45, 2.75) is 19.3 Å². The van der Waals surface area contributed by atoms with E-state index < -0.39 is 0 Å². The topological polar surface area (TPSA) is 31.9 Å². The minimum absolute atomic E-state index is 0.774. The van der Waals surface area contributed by atoms with Gasteiger partial charge < -0.3 is 9.88 Å². The number of H-pyrrole nitrogens is 1. The summed E-state index contributed by atoms with van der Waals surface area (Å²) in [5, 5.41) is 1.90. The Morgan fingerprint density at radius 2 is 2.08 bits per heavy atom. The van der Waals surface area contributed by atoms with Gasteiger partial charge in [-0.25, -0.2) is 4.98 Å². The summed E-state index contributed by atoms with van der Waals surface area (Å²) in [6.45, 7) is 0.786. The predicted molar refractivity (Wildman–Crippen MR) is 104 cm³/mol. The SMILES string of the molecule is ClC1=CC(c2c[nH]c3ncccc23)=CCN1c1cccc2c1CCC2. The Hall–Kier alpha value is -2.52. The number of aromatic amines is 1. The van der Waals surface area contributed by atoms with Gasteiger partial charge in [0.05, 0.1) is 0 Å². The van der Waals surface area contributed by atoms with Gasteiger partial charge in [-0.15, -0.1) is 0 Å². The van der Waals surface area contributed by atoms with E-state index >= 15 is 0 Å². The van der Waals surface area contributed by atoms with Crippen LogP contribution in [0.2, 0.25) is 0 Å². The molecule has 5 rings (SSSR count). The number of rotatable bonds is 2. The summed E-state index contributed by atoms with van der Waals surface area (Å²) in [5.41, 5.74) is 7.40. The van der Waals surface area contributed by atoms with Gasteiger partial charge in [0.2, 0.25) is 0 Å². The van der Waals surface area contributed by atoms with Gasteiger partial charge in [0.15, 0.2) is 0 Å². The van der Waals surface area contributed by atoms with Gasteiger partial charge in [0.1, 0.15) is 10.8 Å². The lowest BCUT2D eigenvalue weighted by Gasteiger charge is -2.28. The molecular formula is C21H18ClN3. The van der Waals surface area contributed by atoms with Crippen molar-refractivity contribution in [2.75, 3.05) is 11.4 Å². The number of anilines is 1. The first-order valence-electron chi connectivity index (χ1n) is 8.69. The van der Waals surface area contributed by atoms with E-state index in [9.17, 15) is 0 Å². The van der Waals surface area contributed by atoms with Crippen LogP contribution < -0.4 is 4.90 Å². The highest BCUT2D eigenvalue weighted by Crippen LogP contribution is 2.37. The molecule has 0 saturated heterocycles. The molecule has 0 radical (unpaired) electrons. The molecule has 0 amide bonds. The lowest BCUT2D eigenvalue weighted by atomic mass is 10.0. The fourth-order valence-electron chi connectivity index (χ4n) is 3.99. The van der Waals surface area contributed by atoms with E-state index in [0.29, 0.717) is 0 Å². The fraction of sp³-hybridized carbons (Fsp3) is 0.190. The molecular weight excluding hydrogens is 330 g/mol. The Balaban J connectivity index is 1.52. The number of hydrogen-bond donors (Lipinski definition) is 1. The minimum Gasteiger partial charge on any atom is -0.346 e. The average molecular weight is 348 g/mol. The lowest BCUT2D eigenvalue weighted by molar-refractivity contribution is 0.908. The standard InChI is InChI=1S/C21H18ClN3/c22-20-12-15(18-13-24-21-17(18)7-3-10-23-21)9-11-25(20)19-8-2-5-14-4-1-6-16(14)19/h2-3,5,7-10,12-13H,1,4,6,11H2,(H,23,24). The zero-order chi connectivity index (χ0) is 16.8. The van der Waals surface area contributed by atoms with Crippen LogP contribution in [0.4, 0.5) is 5.69 Å². The number of hydrogen-bond acceptors (Lipinski definition) is 2. The van der Waals surface area contributed by atoms with E-state index in [1.165, 1.54) is 29.7 Å². The molecule has 0 unspecified atom stereocenters. The Morgan fingerprint density at radius 3 is 3.00 bits per heavy atom. The van der Waals surface area contributed by atoms with Gasteiger partial charge in [0.25, 0.3) is 0 Å².